The van der Waals surface area contributed by atoms with Gasteiger partial charge in [-0.05, 0) is 19.4 Å². The maximum Gasteiger partial charge on any atom is 0.310 e. The number of rotatable bonds is 1. The van der Waals surface area contributed by atoms with Crippen molar-refractivity contribution in [2.75, 3.05) is 0 Å². The highest BCUT2D eigenvalue weighted by Gasteiger charge is 2.57. The Bertz CT molecular complexity index is 408. The Morgan fingerprint density at radius 1 is 1.12 bits per heavy atom. The minimum atomic E-state index is -0.454. The standard InChI is InChI=1S/C14H18O2/c1-10-12(15)16-13(2,3)14(10,4)11-8-6-5-7-9-11/h5-10H,1-4H3. The SMILES string of the molecule is CC1C(=O)OC(C)(C)C1(C)c1ccccc1. The zero-order valence-electron chi connectivity index (χ0n) is 10.3. The fourth-order valence-corrected chi connectivity index (χ4v) is 2.58. The molecule has 2 unspecified atom stereocenters. The molecule has 2 atom stereocenters. The fourth-order valence-electron chi connectivity index (χ4n) is 2.58. The predicted molar refractivity (Wildman–Crippen MR) is 63.1 cm³/mol. The molecule has 0 radical (unpaired) electrons. The average Bonchev–Trinajstić information content (AvgIpc) is 2.41. The number of carbonyl (C=O) groups is 1. The molecule has 1 aromatic carbocycles. The van der Waals surface area contributed by atoms with Gasteiger partial charge in [-0.25, -0.2) is 0 Å². The highest BCUT2D eigenvalue weighted by Crippen LogP contribution is 2.49. The van der Waals surface area contributed by atoms with Gasteiger partial charge >= 0.3 is 5.97 Å². The van der Waals surface area contributed by atoms with Crippen molar-refractivity contribution in [3.8, 4) is 0 Å². The van der Waals surface area contributed by atoms with E-state index >= 15 is 0 Å². The molecular weight excluding hydrogens is 200 g/mol. The van der Waals surface area contributed by atoms with Crippen LogP contribution < -0.4 is 0 Å². The molecule has 1 aliphatic rings. The first kappa shape index (κ1) is 11.2. The van der Waals surface area contributed by atoms with Gasteiger partial charge in [0.2, 0.25) is 0 Å². The van der Waals surface area contributed by atoms with E-state index in [1.54, 1.807) is 0 Å². The van der Waals surface area contributed by atoms with Gasteiger partial charge in [0.1, 0.15) is 5.60 Å². The van der Waals surface area contributed by atoms with Crippen LogP contribution in [0.5, 0.6) is 0 Å². The molecule has 1 heterocycles. The van der Waals surface area contributed by atoms with Crippen LogP contribution in [-0.4, -0.2) is 11.6 Å². The Morgan fingerprint density at radius 3 is 2.12 bits per heavy atom. The predicted octanol–water partition coefficient (Wildman–Crippen LogP) is 2.92. The smallest absolute Gasteiger partial charge is 0.310 e. The van der Waals surface area contributed by atoms with Gasteiger partial charge in [-0.1, -0.05) is 44.2 Å². The normalized spacial score (nSPS) is 32.5. The number of hydrogen-bond acceptors (Lipinski definition) is 2. The molecule has 0 N–H and O–H groups in total. The van der Waals surface area contributed by atoms with Crippen LogP contribution in [-0.2, 0) is 14.9 Å². The van der Waals surface area contributed by atoms with Gasteiger partial charge in [0.15, 0.2) is 0 Å². The second-order valence-electron chi connectivity index (χ2n) is 5.22. The molecule has 2 nitrogen and oxygen atoms in total. The lowest BCUT2D eigenvalue weighted by atomic mass is 9.65. The van der Waals surface area contributed by atoms with Gasteiger partial charge in [-0.15, -0.1) is 0 Å². The lowest BCUT2D eigenvalue weighted by Crippen LogP contribution is -2.44. The van der Waals surface area contributed by atoms with Crippen LogP contribution in [0.4, 0.5) is 0 Å². The first-order chi connectivity index (χ1) is 7.39. The van der Waals surface area contributed by atoms with Crippen LogP contribution in [0.15, 0.2) is 30.3 Å². The molecule has 0 aromatic heterocycles. The second-order valence-corrected chi connectivity index (χ2v) is 5.22. The van der Waals surface area contributed by atoms with E-state index in [-0.39, 0.29) is 17.3 Å². The molecule has 0 saturated carbocycles. The minimum absolute atomic E-state index is 0.101. The fraction of sp³-hybridized carbons (Fsp3) is 0.500. The molecular formula is C14H18O2. The van der Waals surface area contributed by atoms with Crippen LogP contribution in [0.2, 0.25) is 0 Å². The van der Waals surface area contributed by atoms with E-state index in [1.807, 2.05) is 39.0 Å². The van der Waals surface area contributed by atoms with Crippen molar-refractivity contribution in [2.24, 2.45) is 5.92 Å². The zero-order valence-corrected chi connectivity index (χ0v) is 10.3. The number of ether oxygens (including phenoxy) is 1. The van der Waals surface area contributed by atoms with Crippen LogP contribution in [0.1, 0.15) is 33.3 Å². The maximum absolute atomic E-state index is 11.8. The van der Waals surface area contributed by atoms with E-state index in [1.165, 1.54) is 5.56 Å². The third-order valence-electron chi connectivity index (χ3n) is 4.20. The van der Waals surface area contributed by atoms with Crippen molar-refractivity contribution in [2.45, 2.75) is 38.7 Å². The average molecular weight is 218 g/mol. The van der Waals surface area contributed by atoms with E-state index in [0.29, 0.717) is 0 Å². The van der Waals surface area contributed by atoms with Gasteiger partial charge in [0.25, 0.3) is 0 Å². The molecule has 1 saturated heterocycles. The number of cyclic esters (lactones) is 1. The van der Waals surface area contributed by atoms with Gasteiger partial charge in [0, 0.05) is 5.41 Å². The van der Waals surface area contributed by atoms with Crippen molar-refractivity contribution in [1.82, 2.24) is 0 Å². The number of hydrogen-bond donors (Lipinski definition) is 0. The molecule has 86 valence electrons. The summed E-state index contributed by atoms with van der Waals surface area (Å²) in [6.45, 7) is 8.03. The monoisotopic (exact) mass is 218 g/mol. The molecule has 1 aliphatic heterocycles. The third kappa shape index (κ3) is 1.29. The maximum atomic E-state index is 11.8. The summed E-state index contributed by atoms with van der Waals surface area (Å²) in [5.41, 5.74) is 0.453. The van der Waals surface area contributed by atoms with E-state index in [9.17, 15) is 4.79 Å². The van der Waals surface area contributed by atoms with E-state index in [4.69, 9.17) is 4.74 Å². The van der Waals surface area contributed by atoms with Crippen LogP contribution in [0.25, 0.3) is 0 Å². The largest absolute Gasteiger partial charge is 0.458 e. The van der Waals surface area contributed by atoms with Gasteiger partial charge in [-0.3, -0.25) is 4.79 Å². The Balaban J connectivity index is 2.55. The molecule has 2 rings (SSSR count). The summed E-state index contributed by atoms with van der Waals surface area (Å²) < 4.78 is 5.49. The molecule has 0 aliphatic carbocycles. The topological polar surface area (TPSA) is 26.3 Å². The van der Waals surface area contributed by atoms with Crippen molar-refractivity contribution in [1.29, 1.82) is 0 Å². The Labute approximate surface area is 96.6 Å². The summed E-state index contributed by atoms with van der Waals surface area (Å²) in [6, 6.07) is 10.1. The molecule has 0 spiro atoms. The lowest BCUT2D eigenvalue weighted by molar-refractivity contribution is -0.148. The van der Waals surface area contributed by atoms with Crippen molar-refractivity contribution in [3.05, 3.63) is 35.9 Å². The van der Waals surface area contributed by atoms with Gasteiger partial charge in [0.05, 0.1) is 5.92 Å². The molecule has 1 fully saturated rings. The highest BCUT2D eigenvalue weighted by molar-refractivity contribution is 5.78. The summed E-state index contributed by atoms with van der Waals surface area (Å²) in [6.07, 6.45) is 0. The molecule has 2 heteroatoms. The van der Waals surface area contributed by atoms with Crippen molar-refractivity contribution in [3.63, 3.8) is 0 Å². The molecule has 16 heavy (non-hydrogen) atoms. The van der Waals surface area contributed by atoms with Crippen LogP contribution in [0.3, 0.4) is 0 Å². The van der Waals surface area contributed by atoms with Crippen molar-refractivity contribution < 1.29 is 9.53 Å². The quantitative estimate of drug-likeness (QED) is 0.677. The Morgan fingerprint density at radius 2 is 1.69 bits per heavy atom. The first-order valence-corrected chi connectivity index (χ1v) is 5.68. The van der Waals surface area contributed by atoms with Crippen LogP contribution in [0, 0.1) is 5.92 Å². The van der Waals surface area contributed by atoms with Gasteiger partial charge < -0.3 is 4.74 Å². The summed E-state index contributed by atoms with van der Waals surface area (Å²) in [7, 11) is 0. The summed E-state index contributed by atoms with van der Waals surface area (Å²) in [5, 5.41) is 0. The third-order valence-corrected chi connectivity index (χ3v) is 4.20. The van der Waals surface area contributed by atoms with E-state index in [2.05, 4.69) is 19.1 Å². The van der Waals surface area contributed by atoms with Crippen molar-refractivity contribution >= 4 is 5.97 Å². The highest BCUT2D eigenvalue weighted by atomic mass is 16.6. The first-order valence-electron chi connectivity index (χ1n) is 5.68. The molecule has 1 aromatic rings. The van der Waals surface area contributed by atoms with E-state index in [0.717, 1.165) is 0 Å². The lowest BCUT2D eigenvalue weighted by Gasteiger charge is -2.38. The summed E-state index contributed by atoms with van der Waals surface area (Å²) in [4.78, 5) is 11.8. The summed E-state index contributed by atoms with van der Waals surface area (Å²) >= 11 is 0. The second kappa shape index (κ2) is 3.34. The van der Waals surface area contributed by atoms with E-state index < -0.39 is 5.60 Å². The number of carbonyl (C=O) groups excluding carboxylic acids is 1. The van der Waals surface area contributed by atoms with Gasteiger partial charge in [-0.2, -0.15) is 0 Å². The Hall–Kier alpha value is -1.31. The number of esters is 1. The number of benzene rings is 1. The minimum Gasteiger partial charge on any atom is -0.458 e. The van der Waals surface area contributed by atoms with Crippen LogP contribution >= 0.6 is 0 Å². The molecule has 0 amide bonds. The summed E-state index contributed by atoms with van der Waals surface area (Å²) in [5.74, 6) is -0.207. The zero-order chi connectivity index (χ0) is 12.0. The molecule has 0 bridgehead atoms. The Kier molecular flexibility index (Phi) is 2.33.